The maximum atomic E-state index is 4.59. The van der Waals surface area contributed by atoms with Crippen LogP contribution in [0, 0.1) is 12.8 Å². The molecule has 1 aromatic heterocycles. The molecule has 1 fully saturated rings. The molecule has 29 heavy (non-hydrogen) atoms. The van der Waals surface area contributed by atoms with Gasteiger partial charge in [-0.05, 0) is 50.9 Å². The van der Waals surface area contributed by atoms with E-state index < -0.39 is 0 Å². The Morgan fingerprint density at radius 3 is 2.66 bits per heavy atom. The van der Waals surface area contributed by atoms with Crippen molar-refractivity contribution in [2.24, 2.45) is 10.9 Å². The number of aromatic nitrogens is 1. The molecule has 0 aliphatic carbocycles. The topological polar surface area (TPSA) is 52.6 Å². The van der Waals surface area contributed by atoms with Gasteiger partial charge in [0.15, 0.2) is 5.96 Å². The molecule has 0 unspecified atom stereocenters. The van der Waals surface area contributed by atoms with E-state index in [2.05, 4.69) is 68.1 Å². The Bertz CT molecular complexity index is 730. The molecule has 160 valence electrons. The molecule has 0 bridgehead atoms. The number of rotatable bonds is 8. The summed E-state index contributed by atoms with van der Waals surface area (Å²) < 4.78 is 0. The lowest BCUT2D eigenvalue weighted by molar-refractivity contribution is 0.176. The number of thioether (sulfide) groups is 1. The van der Waals surface area contributed by atoms with E-state index in [1.54, 1.807) is 11.3 Å². The molecule has 0 saturated carbocycles. The van der Waals surface area contributed by atoms with Crippen LogP contribution in [0.4, 0.5) is 0 Å². The third-order valence-electron chi connectivity index (χ3n) is 4.95. The van der Waals surface area contributed by atoms with Crippen LogP contribution in [-0.2, 0) is 6.54 Å². The van der Waals surface area contributed by atoms with E-state index in [0.717, 1.165) is 49.4 Å². The van der Waals surface area contributed by atoms with Gasteiger partial charge in [-0.3, -0.25) is 9.89 Å². The second kappa shape index (κ2) is 13.5. The molecule has 0 spiro atoms. The number of aliphatic imine (C=N–C) groups is 1. The van der Waals surface area contributed by atoms with Gasteiger partial charge in [0.05, 0.1) is 10.7 Å². The fourth-order valence-electron chi connectivity index (χ4n) is 3.38. The molecule has 3 rings (SSSR count). The Hall–Kier alpha value is -0.840. The van der Waals surface area contributed by atoms with Crippen LogP contribution < -0.4 is 10.6 Å². The van der Waals surface area contributed by atoms with Crippen LogP contribution in [0.25, 0.3) is 0 Å². The summed E-state index contributed by atoms with van der Waals surface area (Å²) in [7, 11) is 1.85. The zero-order valence-electron chi connectivity index (χ0n) is 17.3. The zero-order chi connectivity index (χ0) is 19.6. The summed E-state index contributed by atoms with van der Waals surface area (Å²) >= 11 is 3.61. The van der Waals surface area contributed by atoms with Crippen molar-refractivity contribution in [2.75, 3.05) is 39.0 Å². The van der Waals surface area contributed by atoms with Crippen LogP contribution in [0.2, 0.25) is 0 Å². The van der Waals surface area contributed by atoms with Crippen molar-refractivity contribution < 1.29 is 0 Å². The molecule has 2 aromatic rings. The van der Waals surface area contributed by atoms with E-state index in [9.17, 15) is 0 Å². The van der Waals surface area contributed by atoms with Gasteiger partial charge in [0.2, 0.25) is 0 Å². The second-order valence-corrected chi connectivity index (χ2v) is 9.35. The monoisotopic (exact) mass is 545 g/mol. The Morgan fingerprint density at radius 1 is 1.24 bits per heavy atom. The number of piperidine rings is 1. The SMILES string of the molecule is CN=C(NCCSc1ccccc1)NCC1CCN(Cc2csc(C)n2)CC1.I. The van der Waals surface area contributed by atoms with Crippen molar-refractivity contribution in [2.45, 2.75) is 31.2 Å². The highest BCUT2D eigenvalue weighted by Crippen LogP contribution is 2.19. The van der Waals surface area contributed by atoms with Crippen LogP contribution in [0.5, 0.6) is 0 Å². The van der Waals surface area contributed by atoms with Gasteiger partial charge in [-0.1, -0.05) is 18.2 Å². The third kappa shape index (κ3) is 8.82. The highest BCUT2D eigenvalue weighted by atomic mass is 127. The van der Waals surface area contributed by atoms with Gasteiger partial charge in [0.25, 0.3) is 0 Å². The number of nitrogens with one attached hydrogen (secondary N) is 2. The molecular formula is C21H32IN5S2. The first kappa shape index (κ1) is 24.4. The lowest BCUT2D eigenvalue weighted by Gasteiger charge is -2.31. The first-order valence-corrected chi connectivity index (χ1v) is 11.8. The predicted octanol–water partition coefficient (Wildman–Crippen LogP) is 4.24. The lowest BCUT2D eigenvalue weighted by Crippen LogP contribution is -2.43. The van der Waals surface area contributed by atoms with Crippen molar-refractivity contribution in [1.29, 1.82) is 0 Å². The van der Waals surface area contributed by atoms with Crippen LogP contribution in [0.3, 0.4) is 0 Å². The van der Waals surface area contributed by atoms with Crippen LogP contribution >= 0.6 is 47.1 Å². The Morgan fingerprint density at radius 2 is 2.00 bits per heavy atom. The number of thiazole rings is 1. The summed E-state index contributed by atoms with van der Waals surface area (Å²) in [4.78, 5) is 12.8. The number of hydrogen-bond donors (Lipinski definition) is 2. The van der Waals surface area contributed by atoms with Gasteiger partial charge in [-0.2, -0.15) is 0 Å². The van der Waals surface area contributed by atoms with Crippen LogP contribution in [-0.4, -0.2) is 54.8 Å². The number of nitrogens with zero attached hydrogens (tertiary/aromatic N) is 3. The summed E-state index contributed by atoms with van der Waals surface area (Å²) in [5.74, 6) is 2.65. The fourth-order valence-corrected chi connectivity index (χ4v) is 4.77. The van der Waals surface area contributed by atoms with Gasteiger partial charge >= 0.3 is 0 Å². The van der Waals surface area contributed by atoms with Crippen LogP contribution in [0.15, 0.2) is 45.6 Å². The van der Waals surface area contributed by atoms with Gasteiger partial charge < -0.3 is 10.6 Å². The summed E-state index contributed by atoms with van der Waals surface area (Å²) in [6.07, 6.45) is 2.47. The molecule has 0 radical (unpaired) electrons. The minimum Gasteiger partial charge on any atom is -0.356 e. The maximum Gasteiger partial charge on any atom is 0.191 e. The summed E-state index contributed by atoms with van der Waals surface area (Å²) in [5, 5.41) is 10.3. The quantitative estimate of drug-likeness (QED) is 0.171. The molecular weight excluding hydrogens is 513 g/mol. The third-order valence-corrected chi connectivity index (χ3v) is 6.78. The summed E-state index contributed by atoms with van der Waals surface area (Å²) in [5.41, 5.74) is 1.22. The van der Waals surface area contributed by atoms with E-state index in [0.29, 0.717) is 5.92 Å². The number of halogens is 1. The minimum absolute atomic E-state index is 0. The van der Waals surface area contributed by atoms with Crippen molar-refractivity contribution in [1.82, 2.24) is 20.5 Å². The largest absolute Gasteiger partial charge is 0.356 e. The summed E-state index contributed by atoms with van der Waals surface area (Å²) in [6.45, 7) is 7.28. The first-order chi connectivity index (χ1) is 13.7. The molecule has 0 atom stereocenters. The standard InChI is InChI=1S/C21H31N5S2.HI/c1-17-25-19(16-28-17)15-26-11-8-18(9-12-26)14-24-21(22-2)23-10-13-27-20-6-4-3-5-7-20;/h3-7,16,18H,8-15H2,1-2H3,(H2,22,23,24);1H. The van der Waals surface area contributed by atoms with E-state index in [4.69, 9.17) is 0 Å². The fraction of sp³-hybridized carbons (Fsp3) is 0.524. The van der Waals surface area contributed by atoms with Crippen molar-refractivity contribution in [3.05, 3.63) is 46.4 Å². The van der Waals surface area contributed by atoms with E-state index in [1.165, 1.54) is 23.4 Å². The first-order valence-electron chi connectivity index (χ1n) is 9.98. The number of likely N-dealkylation sites (tertiary alicyclic amines) is 1. The molecule has 1 aromatic carbocycles. The normalized spacial score (nSPS) is 15.7. The molecule has 2 N–H and O–H groups in total. The molecule has 1 aliphatic rings. The van der Waals surface area contributed by atoms with E-state index in [-0.39, 0.29) is 24.0 Å². The van der Waals surface area contributed by atoms with Crippen molar-refractivity contribution >= 4 is 53.0 Å². The average Bonchev–Trinajstić information content (AvgIpc) is 3.14. The molecule has 5 nitrogen and oxygen atoms in total. The Kier molecular flexibility index (Phi) is 11.3. The number of benzene rings is 1. The Labute approximate surface area is 200 Å². The van der Waals surface area contributed by atoms with Crippen molar-refractivity contribution in [3.63, 3.8) is 0 Å². The van der Waals surface area contributed by atoms with E-state index in [1.807, 2.05) is 18.8 Å². The number of aryl methyl sites for hydroxylation is 1. The zero-order valence-corrected chi connectivity index (χ0v) is 21.2. The van der Waals surface area contributed by atoms with Gasteiger partial charge in [0.1, 0.15) is 0 Å². The molecule has 8 heteroatoms. The van der Waals surface area contributed by atoms with Gasteiger partial charge in [-0.25, -0.2) is 4.98 Å². The molecule has 1 aliphatic heterocycles. The highest BCUT2D eigenvalue weighted by Gasteiger charge is 2.20. The molecule has 0 amide bonds. The molecule has 1 saturated heterocycles. The lowest BCUT2D eigenvalue weighted by atomic mass is 9.97. The second-order valence-electron chi connectivity index (χ2n) is 7.12. The summed E-state index contributed by atoms with van der Waals surface area (Å²) in [6, 6.07) is 10.5. The smallest absolute Gasteiger partial charge is 0.191 e. The molecule has 2 heterocycles. The minimum atomic E-state index is 0. The maximum absolute atomic E-state index is 4.59. The van der Waals surface area contributed by atoms with E-state index >= 15 is 0 Å². The average molecular weight is 546 g/mol. The van der Waals surface area contributed by atoms with Gasteiger partial charge in [-0.15, -0.1) is 47.1 Å². The van der Waals surface area contributed by atoms with Crippen molar-refractivity contribution in [3.8, 4) is 0 Å². The highest BCUT2D eigenvalue weighted by molar-refractivity contribution is 14.0. The van der Waals surface area contributed by atoms with Crippen LogP contribution in [0.1, 0.15) is 23.5 Å². The Balaban J connectivity index is 0.00000300. The predicted molar refractivity (Wildman–Crippen MR) is 137 cm³/mol. The number of guanidine groups is 1. The van der Waals surface area contributed by atoms with Gasteiger partial charge in [0, 0.05) is 42.7 Å². The number of hydrogen-bond acceptors (Lipinski definition) is 5.